The van der Waals surface area contributed by atoms with Crippen LogP contribution in [0.25, 0.3) is 0 Å². The first-order valence-corrected chi connectivity index (χ1v) is 7.96. The Morgan fingerprint density at radius 1 is 1.10 bits per heavy atom. The summed E-state index contributed by atoms with van der Waals surface area (Å²) >= 11 is 0. The van der Waals surface area contributed by atoms with Gasteiger partial charge >= 0.3 is 0 Å². The number of aromatic nitrogens is 1. The number of hydrogen-bond donors (Lipinski definition) is 1. The van der Waals surface area contributed by atoms with E-state index in [4.69, 9.17) is 0 Å². The molecule has 0 saturated carbocycles. The molecule has 2 heteroatoms. The molecule has 2 aromatic rings. The molecule has 0 aliphatic carbocycles. The number of nitrogens with zero attached hydrogens (tertiary/aromatic N) is 1. The Morgan fingerprint density at radius 2 is 1.90 bits per heavy atom. The molecule has 2 nitrogen and oxygen atoms in total. The number of nitrogens with one attached hydrogen (secondary N) is 1. The number of pyridine rings is 1. The minimum absolute atomic E-state index is 0.365. The van der Waals surface area contributed by atoms with Gasteiger partial charge in [-0.15, -0.1) is 0 Å². The van der Waals surface area contributed by atoms with E-state index < -0.39 is 0 Å². The molecule has 112 valence electrons. The minimum atomic E-state index is 0.365. The van der Waals surface area contributed by atoms with E-state index in [9.17, 15) is 0 Å². The molecule has 1 N–H and O–H groups in total. The van der Waals surface area contributed by atoms with E-state index in [1.165, 1.54) is 22.3 Å². The molecule has 0 radical (unpaired) electrons. The van der Waals surface area contributed by atoms with Crippen LogP contribution in [0.3, 0.4) is 0 Å². The lowest BCUT2D eigenvalue weighted by Crippen LogP contribution is -2.25. The Balaban J connectivity index is 2.28. The lowest BCUT2D eigenvalue weighted by atomic mass is 9.93. The predicted octanol–water partition coefficient (Wildman–Crippen LogP) is 4.24. The average Bonchev–Trinajstić information content (AvgIpc) is 2.53. The van der Waals surface area contributed by atoms with E-state index >= 15 is 0 Å². The highest BCUT2D eigenvalue weighted by Gasteiger charge is 2.15. The van der Waals surface area contributed by atoms with Gasteiger partial charge in [-0.3, -0.25) is 4.98 Å². The van der Waals surface area contributed by atoms with Gasteiger partial charge in [-0.25, -0.2) is 0 Å². The fraction of sp³-hybridized carbons (Fsp3) is 0.421. The van der Waals surface area contributed by atoms with Crippen LogP contribution in [0.1, 0.15) is 48.6 Å². The van der Waals surface area contributed by atoms with Crippen molar-refractivity contribution in [2.45, 2.75) is 46.1 Å². The van der Waals surface area contributed by atoms with Gasteiger partial charge in [0.1, 0.15) is 0 Å². The van der Waals surface area contributed by atoms with E-state index in [0.29, 0.717) is 6.04 Å². The van der Waals surface area contributed by atoms with Crippen molar-refractivity contribution in [3.8, 4) is 0 Å². The Bertz CT molecular complexity index is 563. The largest absolute Gasteiger partial charge is 0.310 e. The zero-order valence-corrected chi connectivity index (χ0v) is 13.4. The first-order valence-electron chi connectivity index (χ1n) is 7.96. The molecular weight excluding hydrogens is 256 g/mol. The molecule has 2 rings (SSSR count). The van der Waals surface area contributed by atoms with Gasteiger partial charge in [0, 0.05) is 18.4 Å². The first kappa shape index (κ1) is 15.7. The van der Waals surface area contributed by atoms with Gasteiger partial charge in [0.05, 0.1) is 0 Å². The van der Waals surface area contributed by atoms with Gasteiger partial charge in [0.25, 0.3) is 0 Å². The van der Waals surface area contributed by atoms with E-state index in [1.54, 1.807) is 0 Å². The minimum Gasteiger partial charge on any atom is -0.310 e. The summed E-state index contributed by atoms with van der Waals surface area (Å²) in [7, 11) is 0. The van der Waals surface area contributed by atoms with Crippen LogP contribution in [-0.4, -0.2) is 11.5 Å². The van der Waals surface area contributed by atoms with Crippen LogP contribution in [0.2, 0.25) is 0 Å². The monoisotopic (exact) mass is 282 g/mol. The Labute approximate surface area is 128 Å². The van der Waals surface area contributed by atoms with Crippen molar-refractivity contribution in [1.82, 2.24) is 10.3 Å². The number of aryl methyl sites for hydroxylation is 2. The molecule has 0 amide bonds. The zero-order chi connectivity index (χ0) is 15.1. The molecule has 1 heterocycles. The van der Waals surface area contributed by atoms with Gasteiger partial charge < -0.3 is 5.32 Å². The third-order valence-corrected chi connectivity index (χ3v) is 4.02. The highest BCUT2D eigenvalue weighted by molar-refractivity contribution is 5.32. The standard InChI is InChI=1S/C19H26N2/c1-4-11-21-19(13-17-9-7-6-8-15(17)3)18-10-12-20-14-16(18)5-2/h6-10,12,14,19,21H,4-5,11,13H2,1-3H3. The Morgan fingerprint density at radius 3 is 2.62 bits per heavy atom. The summed E-state index contributed by atoms with van der Waals surface area (Å²) in [6.07, 6.45) is 7.13. The number of benzene rings is 1. The second kappa shape index (κ2) is 7.94. The molecule has 0 spiro atoms. The first-order chi connectivity index (χ1) is 10.3. The molecule has 21 heavy (non-hydrogen) atoms. The summed E-state index contributed by atoms with van der Waals surface area (Å²) in [5.74, 6) is 0. The van der Waals surface area contributed by atoms with Gasteiger partial charge in [0.2, 0.25) is 0 Å². The molecule has 0 aliphatic rings. The van der Waals surface area contributed by atoms with E-state index in [1.807, 2.05) is 12.4 Å². The number of hydrogen-bond acceptors (Lipinski definition) is 2. The SMILES string of the molecule is CCCNC(Cc1ccccc1C)c1ccncc1CC. The predicted molar refractivity (Wildman–Crippen MR) is 89.5 cm³/mol. The average molecular weight is 282 g/mol. The maximum absolute atomic E-state index is 4.28. The number of rotatable bonds is 7. The molecule has 1 aromatic carbocycles. The van der Waals surface area contributed by atoms with Gasteiger partial charge in [-0.2, -0.15) is 0 Å². The molecule has 0 bridgehead atoms. The maximum Gasteiger partial charge on any atom is 0.0364 e. The summed E-state index contributed by atoms with van der Waals surface area (Å²) in [5.41, 5.74) is 5.53. The summed E-state index contributed by atoms with van der Waals surface area (Å²) < 4.78 is 0. The van der Waals surface area contributed by atoms with Gasteiger partial charge in [0.15, 0.2) is 0 Å². The summed E-state index contributed by atoms with van der Waals surface area (Å²) in [6, 6.07) is 11.2. The molecule has 0 fully saturated rings. The fourth-order valence-electron chi connectivity index (χ4n) is 2.74. The highest BCUT2D eigenvalue weighted by atomic mass is 14.9. The van der Waals surface area contributed by atoms with Crippen molar-refractivity contribution in [2.75, 3.05) is 6.54 Å². The molecule has 1 aromatic heterocycles. The van der Waals surface area contributed by atoms with Crippen LogP contribution in [0.4, 0.5) is 0 Å². The van der Waals surface area contributed by atoms with Crippen LogP contribution in [0.5, 0.6) is 0 Å². The van der Waals surface area contributed by atoms with E-state index in [0.717, 1.165) is 25.8 Å². The van der Waals surface area contributed by atoms with Crippen molar-refractivity contribution >= 4 is 0 Å². The second-order valence-electron chi connectivity index (χ2n) is 5.57. The van der Waals surface area contributed by atoms with Crippen molar-refractivity contribution in [3.05, 3.63) is 65.0 Å². The van der Waals surface area contributed by atoms with Gasteiger partial charge in [-0.05, 0) is 61.1 Å². The van der Waals surface area contributed by atoms with E-state index in [-0.39, 0.29) is 0 Å². The van der Waals surface area contributed by atoms with Crippen LogP contribution < -0.4 is 5.32 Å². The third kappa shape index (κ3) is 4.15. The molecule has 1 unspecified atom stereocenters. The second-order valence-corrected chi connectivity index (χ2v) is 5.57. The zero-order valence-electron chi connectivity index (χ0n) is 13.4. The van der Waals surface area contributed by atoms with Crippen LogP contribution in [0, 0.1) is 6.92 Å². The van der Waals surface area contributed by atoms with Gasteiger partial charge in [-0.1, -0.05) is 38.1 Å². The molecule has 0 aliphatic heterocycles. The fourth-order valence-corrected chi connectivity index (χ4v) is 2.74. The lowest BCUT2D eigenvalue weighted by molar-refractivity contribution is 0.524. The van der Waals surface area contributed by atoms with Crippen LogP contribution in [-0.2, 0) is 12.8 Å². The lowest BCUT2D eigenvalue weighted by Gasteiger charge is -2.22. The smallest absolute Gasteiger partial charge is 0.0364 e. The van der Waals surface area contributed by atoms with Crippen molar-refractivity contribution < 1.29 is 0 Å². The quantitative estimate of drug-likeness (QED) is 0.821. The normalized spacial score (nSPS) is 12.3. The van der Waals surface area contributed by atoms with Crippen molar-refractivity contribution in [1.29, 1.82) is 0 Å². The van der Waals surface area contributed by atoms with Crippen molar-refractivity contribution in [2.24, 2.45) is 0 Å². The summed E-state index contributed by atoms with van der Waals surface area (Å²) in [5, 5.41) is 3.71. The summed E-state index contributed by atoms with van der Waals surface area (Å²) in [6.45, 7) is 7.65. The topological polar surface area (TPSA) is 24.9 Å². The third-order valence-electron chi connectivity index (χ3n) is 4.02. The maximum atomic E-state index is 4.28. The molecular formula is C19H26N2. The molecule has 1 atom stereocenters. The van der Waals surface area contributed by atoms with Crippen molar-refractivity contribution in [3.63, 3.8) is 0 Å². The van der Waals surface area contributed by atoms with Crippen LogP contribution in [0.15, 0.2) is 42.7 Å². The van der Waals surface area contributed by atoms with Crippen LogP contribution >= 0.6 is 0 Å². The summed E-state index contributed by atoms with van der Waals surface area (Å²) in [4.78, 5) is 4.28. The Kier molecular flexibility index (Phi) is 5.94. The van der Waals surface area contributed by atoms with E-state index in [2.05, 4.69) is 61.4 Å². The highest BCUT2D eigenvalue weighted by Crippen LogP contribution is 2.23. The Hall–Kier alpha value is -1.67. The molecule has 0 saturated heterocycles.